The molecule has 1 amide bonds. The molecule has 0 bridgehead atoms. The van der Waals surface area contributed by atoms with E-state index in [0.717, 1.165) is 47.2 Å². The normalized spacial score (nSPS) is 15.5. The molecule has 32 heavy (non-hydrogen) atoms. The lowest BCUT2D eigenvalue weighted by Gasteiger charge is -2.21. The van der Waals surface area contributed by atoms with Gasteiger partial charge in [-0.2, -0.15) is 5.10 Å². The number of hydrogen-bond acceptors (Lipinski definition) is 3. The summed E-state index contributed by atoms with van der Waals surface area (Å²) in [4.78, 5) is 13.2. The number of nitrogens with two attached hydrogens (primary N) is 1. The maximum Gasteiger partial charge on any atom is 0.276 e. The third-order valence-corrected chi connectivity index (χ3v) is 6.43. The highest BCUT2D eigenvalue weighted by Gasteiger charge is 2.29. The zero-order valence-corrected chi connectivity index (χ0v) is 18.6. The Kier molecular flexibility index (Phi) is 5.17. The van der Waals surface area contributed by atoms with Gasteiger partial charge >= 0.3 is 0 Å². The first-order valence-corrected chi connectivity index (χ1v) is 11.2. The van der Waals surface area contributed by atoms with Crippen LogP contribution in [0.2, 0.25) is 0 Å². The minimum absolute atomic E-state index is 0.134. The molecule has 3 N–H and O–H groups in total. The highest BCUT2D eigenvalue weighted by molar-refractivity contribution is 6.04. The Labute approximate surface area is 188 Å². The lowest BCUT2D eigenvalue weighted by atomic mass is 9.87. The van der Waals surface area contributed by atoms with Gasteiger partial charge in [-0.1, -0.05) is 43.3 Å². The lowest BCUT2D eigenvalue weighted by molar-refractivity contribution is 0.102. The van der Waals surface area contributed by atoms with Crippen molar-refractivity contribution in [1.29, 1.82) is 0 Å². The Morgan fingerprint density at radius 3 is 2.84 bits per heavy atom. The van der Waals surface area contributed by atoms with Crippen LogP contribution in [0.4, 0.5) is 11.4 Å². The second-order valence-corrected chi connectivity index (χ2v) is 8.88. The van der Waals surface area contributed by atoms with Gasteiger partial charge in [0.2, 0.25) is 0 Å². The third-order valence-electron chi connectivity index (χ3n) is 6.43. The van der Waals surface area contributed by atoms with Gasteiger partial charge in [0.05, 0.1) is 6.54 Å². The van der Waals surface area contributed by atoms with E-state index in [4.69, 9.17) is 10.8 Å². The SMILES string of the molecule is Cc1cccc(NC(=O)c2nn(Cc3cccc4cc(N)ccc34)c3c2CCCC3C)c1. The van der Waals surface area contributed by atoms with Gasteiger partial charge in [-0.15, -0.1) is 0 Å². The fourth-order valence-electron chi connectivity index (χ4n) is 4.92. The molecule has 0 spiro atoms. The van der Waals surface area contributed by atoms with E-state index >= 15 is 0 Å². The molecule has 1 heterocycles. The minimum atomic E-state index is -0.134. The Morgan fingerprint density at radius 1 is 1.16 bits per heavy atom. The molecule has 1 unspecified atom stereocenters. The van der Waals surface area contributed by atoms with E-state index in [0.29, 0.717) is 18.2 Å². The summed E-state index contributed by atoms with van der Waals surface area (Å²) in [5.74, 6) is 0.239. The molecule has 0 aliphatic heterocycles. The van der Waals surface area contributed by atoms with Crippen LogP contribution in [0.15, 0.2) is 60.7 Å². The molecule has 0 fully saturated rings. The van der Waals surface area contributed by atoms with Gasteiger partial charge in [-0.05, 0) is 78.3 Å². The molecule has 4 aromatic rings. The molecule has 162 valence electrons. The first-order chi connectivity index (χ1) is 15.5. The largest absolute Gasteiger partial charge is 0.399 e. The maximum absolute atomic E-state index is 13.2. The first kappa shape index (κ1) is 20.3. The minimum Gasteiger partial charge on any atom is -0.399 e. The van der Waals surface area contributed by atoms with Crippen molar-refractivity contribution in [2.24, 2.45) is 0 Å². The molecular weight excluding hydrogens is 396 g/mol. The number of rotatable bonds is 4. The smallest absolute Gasteiger partial charge is 0.276 e. The zero-order valence-electron chi connectivity index (χ0n) is 18.6. The van der Waals surface area contributed by atoms with Gasteiger partial charge in [-0.25, -0.2) is 0 Å². The van der Waals surface area contributed by atoms with E-state index in [1.807, 2.05) is 43.3 Å². The fraction of sp³-hybridized carbons (Fsp3) is 0.259. The number of nitrogen functional groups attached to an aromatic ring is 1. The summed E-state index contributed by atoms with van der Waals surface area (Å²) >= 11 is 0. The van der Waals surface area contributed by atoms with Crippen molar-refractivity contribution in [3.8, 4) is 0 Å². The Morgan fingerprint density at radius 2 is 2.00 bits per heavy atom. The van der Waals surface area contributed by atoms with Gasteiger partial charge < -0.3 is 11.1 Å². The predicted molar refractivity (Wildman–Crippen MR) is 130 cm³/mol. The fourth-order valence-corrected chi connectivity index (χ4v) is 4.92. The molecule has 3 aromatic carbocycles. The average Bonchev–Trinajstić information content (AvgIpc) is 3.13. The Bertz CT molecular complexity index is 1320. The van der Waals surface area contributed by atoms with Crippen molar-refractivity contribution >= 4 is 28.1 Å². The Hall–Kier alpha value is -3.60. The topological polar surface area (TPSA) is 72.9 Å². The van der Waals surface area contributed by atoms with E-state index in [2.05, 4.69) is 41.2 Å². The molecule has 1 aromatic heterocycles. The van der Waals surface area contributed by atoms with Crippen LogP contribution in [0.25, 0.3) is 10.8 Å². The number of fused-ring (bicyclic) bond motifs is 2. The van der Waals surface area contributed by atoms with Crippen LogP contribution in [0.1, 0.15) is 58.6 Å². The number of carbonyl (C=O) groups excluding carboxylic acids is 1. The number of benzene rings is 3. The number of carbonyl (C=O) groups is 1. The van der Waals surface area contributed by atoms with Crippen LogP contribution in [-0.4, -0.2) is 15.7 Å². The molecule has 5 nitrogen and oxygen atoms in total. The summed E-state index contributed by atoms with van der Waals surface area (Å²) in [6.07, 6.45) is 3.09. The van der Waals surface area contributed by atoms with E-state index in [-0.39, 0.29) is 5.91 Å². The van der Waals surface area contributed by atoms with Gasteiger partial charge in [0.15, 0.2) is 5.69 Å². The summed E-state index contributed by atoms with van der Waals surface area (Å²) in [6, 6.07) is 20.1. The van der Waals surface area contributed by atoms with Gasteiger partial charge in [0, 0.05) is 22.6 Å². The Balaban J connectivity index is 1.54. The van der Waals surface area contributed by atoms with Crippen LogP contribution in [0, 0.1) is 6.92 Å². The van der Waals surface area contributed by atoms with Crippen molar-refractivity contribution in [2.45, 2.75) is 45.6 Å². The molecule has 5 rings (SSSR count). The summed E-state index contributed by atoms with van der Waals surface area (Å²) in [7, 11) is 0. The van der Waals surface area contributed by atoms with Crippen LogP contribution in [0.3, 0.4) is 0 Å². The molecule has 0 radical (unpaired) electrons. The van der Waals surface area contributed by atoms with Crippen LogP contribution >= 0.6 is 0 Å². The van der Waals surface area contributed by atoms with Gasteiger partial charge in [0.25, 0.3) is 5.91 Å². The molecule has 1 aliphatic rings. The number of hydrogen-bond donors (Lipinski definition) is 2. The molecule has 0 saturated carbocycles. The van der Waals surface area contributed by atoms with Crippen LogP contribution in [0.5, 0.6) is 0 Å². The van der Waals surface area contributed by atoms with Crippen molar-refractivity contribution in [3.63, 3.8) is 0 Å². The molecule has 5 heteroatoms. The lowest BCUT2D eigenvalue weighted by Crippen LogP contribution is -2.16. The number of aryl methyl sites for hydroxylation is 1. The number of anilines is 2. The molecular formula is C27H28N4O. The van der Waals surface area contributed by atoms with E-state index in [9.17, 15) is 4.79 Å². The van der Waals surface area contributed by atoms with E-state index in [1.54, 1.807) is 0 Å². The summed E-state index contributed by atoms with van der Waals surface area (Å²) in [5, 5.41) is 10.2. The monoisotopic (exact) mass is 424 g/mol. The van der Waals surface area contributed by atoms with Crippen LogP contribution < -0.4 is 11.1 Å². The summed E-state index contributed by atoms with van der Waals surface area (Å²) in [5.41, 5.74) is 12.7. The highest BCUT2D eigenvalue weighted by atomic mass is 16.2. The highest BCUT2D eigenvalue weighted by Crippen LogP contribution is 2.34. The number of nitrogens with zero attached hydrogens (tertiary/aromatic N) is 2. The summed E-state index contributed by atoms with van der Waals surface area (Å²) in [6.45, 7) is 4.89. The molecule has 1 atom stereocenters. The molecule has 0 saturated heterocycles. The number of amides is 1. The van der Waals surface area contributed by atoms with Gasteiger partial charge in [-0.3, -0.25) is 9.48 Å². The second-order valence-electron chi connectivity index (χ2n) is 8.88. The standard InChI is InChI=1S/C27H28N4O/c1-17-6-3-10-22(14-17)29-27(32)25-24-11-4-7-18(2)26(24)31(30-25)16-20-9-5-8-19-15-21(28)12-13-23(19)20/h3,5-6,8-10,12-15,18H,4,7,11,16,28H2,1-2H3,(H,29,32). The summed E-state index contributed by atoms with van der Waals surface area (Å²) < 4.78 is 2.05. The van der Waals surface area contributed by atoms with Gasteiger partial charge in [0.1, 0.15) is 0 Å². The predicted octanol–water partition coefficient (Wildman–Crippen LogP) is 5.67. The first-order valence-electron chi connectivity index (χ1n) is 11.2. The van der Waals surface area contributed by atoms with Crippen molar-refractivity contribution in [2.75, 3.05) is 11.1 Å². The van der Waals surface area contributed by atoms with Crippen molar-refractivity contribution in [3.05, 3.63) is 88.7 Å². The number of aromatic nitrogens is 2. The maximum atomic E-state index is 13.2. The third kappa shape index (κ3) is 3.75. The van der Waals surface area contributed by atoms with Crippen LogP contribution in [-0.2, 0) is 13.0 Å². The van der Waals surface area contributed by atoms with Crippen molar-refractivity contribution in [1.82, 2.24) is 9.78 Å². The van der Waals surface area contributed by atoms with Crippen molar-refractivity contribution < 1.29 is 4.79 Å². The average molecular weight is 425 g/mol. The molecule has 1 aliphatic carbocycles. The zero-order chi connectivity index (χ0) is 22.2. The van der Waals surface area contributed by atoms with E-state index in [1.165, 1.54) is 16.6 Å². The quantitative estimate of drug-likeness (QED) is 0.415. The van der Waals surface area contributed by atoms with E-state index < -0.39 is 0 Å². The second kappa shape index (κ2) is 8.15. The number of nitrogens with one attached hydrogen (secondary N) is 1.